The first-order chi connectivity index (χ1) is 10.1. The second kappa shape index (κ2) is 6.63. The number of nitrogens with two attached hydrogens (primary N) is 1. The summed E-state index contributed by atoms with van der Waals surface area (Å²) in [6.45, 7) is 0.941. The molecule has 0 fully saturated rings. The topological polar surface area (TPSA) is 96.7 Å². The van der Waals surface area contributed by atoms with Crippen molar-refractivity contribution in [2.24, 2.45) is 5.73 Å². The molecule has 0 aliphatic heterocycles. The zero-order valence-corrected chi connectivity index (χ0v) is 11.2. The molecule has 0 amide bonds. The summed E-state index contributed by atoms with van der Waals surface area (Å²) in [6, 6.07) is 7.30. The van der Waals surface area contributed by atoms with Gasteiger partial charge < -0.3 is 11.1 Å². The van der Waals surface area contributed by atoms with Crippen molar-refractivity contribution in [3.05, 3.63) is 57.8 Å². The Hall–Kier alpha value is -2.72. The van der Waals surface area contributed by atoms with Gasteiger partial charge in [0.15, 0.2) is 0 Å². The van der Waals surface area contributed by atoms with E-state index in [1.807, 2.05) is 6.07 Å². The Morgan fingerprint density at radius 1 is 1.43 bits per heavy atom. The second-order valence-electron chi connectivity index (χ2n) is 4.37. The van der Waals surface area contributed by atoms with E-state index < -0.39 is 5.82 Å². The van der Waals surface area contributed by atoms with Crippen LogP contribution in [0.1, 0.15) is 11.1 Å². The molecule has 6 nitrogen and oxygen atoms in total. The third-order valence-electron chi connectivity index (χ3n) is 2.84. The van der Waals surface area contributed by atoms with Crippen molar-refractivity contribution in [3.63, 3.8) is 0 Å². The molecule has 0 saturated heterocycles. The summed E-state index contributed by atoms with van der Waals surface area (Å²) in [5.41, 5.74) is 6.13. The van der Waals surface area contributed by atoms with E-state index in [2.05, 4.69) is 10.4 Å². The standard InChI is InChI=1S/C14H14FN5O/c15-13-2-1-10(7-17)5-11(13)9-20-14(21)6-12(8-19-20)18-4-3-16/h1-2,5-6,8,18H,3-4,9,16H2. The third kappa shape index (κ3) is 3.64. The molecular weight excluding hydrogens is 273 g/mol. The van der Waals surface area contributed by atoms with E-state index in [1.54, 1.807) is 0 Å². The van der Waals surface area contributed by atoms with Gasteiger partial charge in [-0.05, 0) is 18.2 Å². The van der Waals surface area contributed by atoms with Gasteiger partial charge in [-0.15, -0.1) is 0 Å². The molecule has 0 bridgehead atoms. The maximum absolute atomic E-state index is 13.7. The second-order valence-corrected chi connectivity index (χ2v) is 4.37. The number of anilines is 1. The summed E-state index contributed by atoms with van der Waals surface area (Å²) in [5.74, 6) is -0.479. The Balaban J connectivity index is 2.24. The minimum atomic E-state index is -0.479. The molecule has 2 aromatic rings. The Kier molecular flexibility index (Phi) is 4.64. The van der Waals surface area contributed by atoms with Gasteiger partial charge >= 0.3 is 0 Å². The first-order valence-corrected chi connectivity index (χ1v) is 6.33. The van der Waals surface area contributed by atoms with E-state index in [1.165, 1.54) is 30.5 Å². The highest BCUT2D eigenvalue weighted by molar-refractivity contribution is 5.39. The van der Waals surface area contributed by atoms with Crippen molar-refractivity contribution in [2.45, 2.75) is 6.54 Å². The van der Waals surface area contributed by atoms with Gasteiger partial charge in [-0.25, -0.2) is 9.07 Å². The number of hydrogen-bond acceptors (Lipinski definition) is 5. The van der Waals surface area contributed by atoms with Crippen molar-refractivity contribution < 1.29 is 4.39 Å². The number of nitrogens with zero attached hydrogens (tertiary/aromatic N) is 3. The van der Waals surface area contributed by atoms with Gasteiger partial charge in [-0.1, -0.05) is 0 Å². The van der Waals surface area contributed by atoms with Crippen LogP contribution in [0.3, 0.4) is 0 Å². The van der Waals surface area contributed by atoms with Crippen LogP contribution in [-0.4, -0.2) is 22.9 Å². The Bertz CT molecular complexity index is 735. The molecule has 7 heteroatoms. The molecule has 0 radical (unpaired) electrons. The molecule has 1 aromatic carbocycles. The molecule has 0 aliphatic rings. The lowest BCUT2D eigenvalue weighted by molar-refractivity contribution is 0.572. The summed E-state index contributed by atoms with van der Waals surface area (Å²) in [5, 5.41) is 15.7. The quantitative estimate of drug-likeness (QED) is 0.842. The van der Waals surface area contributed by atoms with Gasteiger partial charge in [-0.3, -0.25) is 4.79 Å². The van der Waals surface area contributed by atoms with E-state index in [0.717, 1.165) is 4.68 Å². The summed E-state index contributed by atoms with van der Waals surface area (Å²) in [4.78, 5) is 11.9. The molecule has 2 rings (SSSR count). The van der Waals surface area contributed by atoms with Crippen LogP contribution in [0, 0.1) is 17.1 Å². The van der Waals surface area contributed by atoms with E-state index in [4.69, 9.17) is 11.0 Å². The smallest absolute Gasteiger partial charge is 0.269 e. The first kappa shape index (κ1) is 14.7. The molecule has 1 heterocycles. The molecule has 0 atom stereocenters. The number of aromatic nitrogens is 2. The average Bonchev–Trinajstić information content (AvgIpc) is 2.49. The molecule has 21 heavy (non-hydrogen) atoms. The van der Waals surface area contributed by atoms with Crippen LogP contribution in [0.25, 0.3) is 0 Å². The van der Waals surface area contributed by atoms with Crippen molar-refractivity contribution in [2.75, 3.05) is 18.4 Å². The minimum absolute atomic E-state index is 0.0304. The number of nitriles is 1. The summed E-state index contributed by atoms with van der Waals surface area (Å²) in [6.07, 6.45) is 1.48. The number of nitrogens with one attached hydrogen (secondary N) is 1. The van der Waals surface area contributed by atoms with Gasteiger partial charge in [0.2, 0.25) is 0 Å². The SMILES string of the molecule is N#Cc1ccc(F)c(Cn2ncc(NCCN)cc2=O)c1. The average molecular weight is 287 g/mol. The monoisotopic (exact) mass is 287 g/mol. The largest absolute Gasteiger partial charge is 0.382 e. The lowest BCUT2D eigenvalue weighted by Crippen LogP contribution is -2.24. The van der Waals surface area contributed by atoms with Crippen LogP contribution in [-0.2, 0) is 6.54 Å². The van der Waals surface area contributed by atoms with Crippen LogP contribution in [0.15, 0.2) is 35.3 Å². The number of rotatable bonds is 5. The lowest BCUT2D eigenvalue weighted by atomic mass is 10.1. The van der Waals surface area contributed by atoms with E-state index in [-0.39, 0.29) is 17.7 Å². The van der Waals surface area contributed by atoms with Gasteiger partial charge in [0.25, 0.3) is 5.56 Å². The van der Waals surface area contributed by atoms with Crippen LogP contribution in [0.2, 0.25) is 0 Å². The molecule has 108 valence electrons. The fraction of sp³-hybridized carbons (Fsp3) is 0.214. The van der Waals surface area contributed by atoms with Crippen LogP contribution >= 0.6 is 0 Å². The zero-order chi connectivity index (χ0) is 15.2. The molecule has 0 aliphatic carbocycles. The Labute approximate surface area is 120 Å². The molecule has 0 unspecified atom stereocenters. The summed E-state index contributed by atoms with van der Waals surface area (Å²) < 4.78 is 14.8. The van der Waals surface area contributed by atoms with Gasteiger partial charge in [-0.2, -0.15) is 10.4 Å². The molecular formula is C14H14FN5O. The molecule has 0 spiro atoms. The maximum atomic E-state index is 13.7. The first-order valence-electron chi connectivity index (χ1n) is 6.33. The highest BCUT2D eigenvalue weighted by Crippen LogP contribution is 2.11. The fourth-order valence-corrected chi connectivity index (χ4v) is 1.79. The van der Waals surface area contributed by atoms with Crippen LogP contribution in [0.4, 0.5) is 10.1 Å². The van der Waals surface area contributed by atoms with E-state index in [9.17, 15) is 9.18 Å². The number of hydrogen-bond donors (Lipinski definition) is 2. The number of halogens is 1. The normalized spacial score (nSPS) is 10.1. The fourth-order valence-electron chi connectivity index (χ4n) is 1.79. The Morgan fingerprint density at radius 2 is 2.24 bits per heavy atom. The highest BCUT2D eigenvalue weighted by Gasteiger charge is 2.07. The third-order valence-corrected chi connectivity index (χ3v) is 2.84. The highest BCUT2D eigenvalue weighted by atomic mass is 19.1. The zero-order valence-electron chi connectivity index (χ0n) is 11.2. The van der Waals surface area contributed by atoms with E-state index in [0.29, 0.717) is 24.3 Å². The van der Waals surface area contributed by atoms with Gasteiger partial charge in [0.1, 0.15) is 5.82 Å². The lowest BCUT2D eigenvalue weighted by Gasteiger charge is -2.08. The van der Waals surface area contributed by atoms with Gasteiger partial charge in [0, 0.05) is 24.7 Å². The molecule has 3 N–H and O–H groups in total. The molecule has 1 aromatic heterocycles. The molecule has 0 saturated carbocycles. The van der Waals surface area contributed by atoms with Crippen LogP contribution < -0.4 is 16.6 Å². The summed E-state index contributed by atoms with van der Waals surface area (Å²) in [7, 11) is 0. The Morgan fingerprint density at radius 3 is 2.90 bits per heavy atom. The van der Waals surface area contributed by atoms with Crippen molar-refractivity contribution in [1.82, 2.24) is 9.78 Å². The number of benzene rings is 1. The van der Waals surface area contributed by atoms with Crippen LogP contribution in [0.5, 0.6) is 0 Å². The van der Waals surface area contributed by atoms with Crippen molar-refractivity contribution in [1.29, 1.82) is 5.26 Å². The van der Waals surface area contributed by atoms with Crippen molar-refractivity contribution in [3.8, 4) is 6.07 Å². The van der Waals surface area contributed by atoms with E-state index >= 15 is 0 Å². The predicted octanol–water partition coefficient (Wildman–Crippen LogP) is 0.673. The predicted molar refractivity (Wildman–Crippen MR) is 76.3 cm³/mol. The summed E-state index contributed by atoms with van der Waals surface area (Å²) >= 11 is 0. The maximum Gasteiger partial charge on any atom is 0.269 e. The minimum Gasteiger partial charge on any atom is -0.382 e. The van der Waals surface area contributed by atoms with Crippen molar-refractivity contribution >= 4 is 5.69 Å². The van der Waals surface area contributed by atoms with Gasteiger partial charge in [0.05, 0.1) is 30.1 Å².